The van der Waals surface area contributed by atoms with Crippen molar-refractivity contribution in [2.45, 2.75) is 51.2 Å². The lowest BCUT2D eigenvalue weighted by atomic mass is 9.97. The molecule has 0 bridgehead atoms. The molecule has 2 aliphatic heterocycles. The quantitative estimate of drug-likeness (QED) is 0.116. The van der Waals surface area contributed by atoms with E-state index in [1.807, 2.05) is 43.3 Å². The second-order valence-corrected chi connectivity index (χ2v) is 13.0. The smallest absolute Gasteiger partial charge is 0.433 e. The average Bonchev–Trinajstić information content (AvgIpc) is 3.59. The summed E-state index contributed by atoms with van der Waals surface area (Å²) in [6.07, 6.45) is -1.48. The van der Waals surface area contributed by atoms with Crippen LogP contribution in [0.5, 0.6) is 5.75 Å². The largest absolute Gasteiger partial charge is 0.494 e. The van der Waals surface area contributed by atoms with Gasteiger partial charge in [-0.25, -0.2) is 9.99 Å². The van der Waals surface area contributed by atoms with Crippen LogP contribution in [-0.4, -0.2) is 83.4 Å². The number of carbonyl (C=O) groups excluding carboxylic acids is 2. The molecule has 2 amide bonds. The number of aromatic nitrogens is 2. The monoisotopic (exact) mass is 736 g/mol. The summed E-state index contributed by atoms with van der Waals surface area (Å²) in [6, 6.07) is 16.4. The van der Waals surface area contributed by atoms with Crippen molar-refractivity contribution >= 4 is 40.0 Å². The minimum atomic E-state index is -4.52. The number of carbonyl (C=O) groups is 2. The Morgan fingerprint density at radius 3 is 2.44 bits per heavy atom. The number of ether oxygens (including phenoxy) is 2. The van der Waals surface area contributed by atoms with E-state index in [0.717, 1.165) is 56.3 Å². The van der Waals surface area contributed by atoms with Crippen molar-refractivity contribution in [2.75, 3.05) is 46.0 Å². The molecule has 14 heteroatoms. The molecule has 1 N–H and O–H groups in total. The van der Waals surface area contributed by atoms with E-state index in [-0.39, 0.29) is 29.8 Å². The lowest BCUT2D eigenvalue weighted by Gasteiger charge is -2.26. The number of alkyl halides is 3. The van der Waals surface area contributed by atoms with Gasteiger partial charge in [-0.15, -0.1) is 0 Å². The van der Waals surface area contributed by atoms with E-state index < -0.39 is 17.9 Å². The topological polar surface area (TPSA) is 109 Å². The number of benzene rings is 2. The highest BCUT2D eigenvalue weighted by Gasteiger charge is 2.35. The number of hydrogen-bond acceptors (Lipinski definition) is 8. The van der Waals surface area contributed by atoms with Crippen molar-refractivity contribution in [3.8, 4) is 16.9 Å². The van der Waals surface area contributed by atoms with Crippen LogP contribution in [0, 0.1) is 0 Å². The van der Waals surface area contributed by atoms with E-state index in [1.165, 1.54) is 17.3 Å². The molecule has 6 rings (SSSR count). The Morgan fingerprint density at radius 2 is 1.73 bits per heavy atom. The molecule has 1 atom stereocenters. The number of fused-ring (bicyclic) bond motifs is 1. The number of amides is 2. The van der Waals surface area contributed by atoms with Crippen LogP contribution in [0.15, 0.2) is 72.0 Å². The summed E-state index contributed by atoms with van der Waals surface area (Å²) in [6.45, 7) is 7.15. The zero-order valence-electron chi connectivity index (χ0n) is 28.8. The van der Waals surface area contributed by atoms with Crippen LogP contribution < -0.4 is 10.1 Å². The van der Waals surface area contributed by atoms with Crippen molar-refractivity contribution in [2.24, 2.45) is 5.10 Å². The summed E-state index contributed by atoms with van der Waals surface area (Å²) < 4.78 is 50.0. The van der Waals surface area contributed by atoms with Crippen LogP contribution in [0.4, 0.5) is 13.2 Å². The van der Waals surface area contributed by atoms with Crippen LogP contribution in [0.1, 0.15) is 61.9 Å². The minimum Gasteiger partial charge on any atom is -0.494 e. The van der Waals surface area contributed by atoms with Gasteiger partial charge in [-0.3, -0.25) is 19.5 Å². The van der Waals surface area contributed by atoms with E-state index in [4.69, 9.17) is 26.2 Å². The van der Waals surface area contributed by atoms with Crippen LogP contribution in [-0.2, 0) is 20.5 Å². The first kappa shape index (κ1) is 37.2. The first-order valence-electron chi connectivity index (χ1n) is 17.4. The molecule has 0 saturated carbocycles. The lowest BCUT2D eigenvalue weighted by molar-refractivity contribution is -0.141. The maximum atomic E-state index is 13.8. The molecule has 2 aliphatic rings. The summed E-state index contributed by atoms with van der Waals surface area (Å²) in [5, 5.41) is 10.2. The highest BCUT2D eigenvalue weighted by atomic mass is 35.5. The van der Waals surface area contributed by atoms with Crippen LogP contribution in [0.3, 0.4) is 0 Å². The zero-order valence-corrected chi connectivity index (χ0v) is 29.6. The van der Waals surface area contributed by atoms with Crippen LogP contribution in [0.2, 0.25) is 5.15 Å². The van der Waals surface area contributed by atoms with Gasteiger partial charge < -0.3 is 14.8 Å². The van der Waals surface area contributed by atoms with Crippen molar-refractivity contribution < 1.29 is 32.2 Å². The Bertz CT molecular complexity index is 1900. The Kier molecular flexibility index (Phi) is 12.0. The molecule has 0 aliphatic carbocycles. The van der Waals surface area contributed by atoms with E-state index in [9.17, 15) is 22.8 Å². The molecule has 2 aromatic carbocycles. The van der Waals surface area contributed by atoms with Crippen LogP contribution >= 0.6 is 11.6 Å². The van der Waals surface area contributed by atoms with Gasteiger partial charge in [-0.05, 0) is 61.7 Å². The summed E-state index contributed by atoms with van der Waals surface area (Å²) in [4.78, 5) is 36.8. The number of halogens is 4. The molecule has 4 aromatic rings. The number of pyridine rings is 2. The van der Waals surface area contributed by atoms with Gasteiger partial charge >= 0.3 is 6.18 Å². The van der Waals surface area contributed by atoms with E-state index in [2.05, 4.69) is 20.2 Å². The molecular formula is C38H40ClF3N6O4. The minimum absolute atomic E-state index is 0.102. The van der Waals surface area contributed by atoms with Crippen molar-refractivity contribution in [1.82, 2.24) is 25.2 Å². The van der Waals surface area contributed by atoms with Gasteiger partial charge in [0.25, 0.3) is 0 Å². The molecule has 52 heavy (non-hydrogen) atoms. The Labute approximate surface area is 305 Å². The van der Waals surface area contributed by atoms with Gasteiger partial charge in [0.05, 0.1) is 37.1 Å². The molecular weight excluding hydrogens is 697 g/mol. The number of hydrogen-bond donors (Lipinski definition) is 1. The highest BCUT2D eigenvalue weighted by Crippen LogP contribution is 2.38. The van der Waals surface area contributed by atoms with E-state index in [0.29, 0.717) is 59.7 Å². The summed E-state index contributed by atoms with van der Waals surface area (Å²) in [7, 11) is 0. The fraction of sp³-hybridized carbons (Fsp3) is 0.395. The maximum absolute atomic E-state index is 13.8. The standard InChI is InChI=1S/C38H40ClF3N6O4/c1-2-52-29-13-11-27-21-30(37(39)45-31(27)22-29)33-23-32(26-9-7-25(8-10-26)28-12-14-34(44-24-28)38(40,41)42)46-48(33)36(50)6-3-5-35(49)43-15-4-16-47-17-19-51-20-18-47/h7-14,21-22,24,33H,2-6,15-20,23H2,1H3,(H,43,49). The first-order valence-corrected chi connectivity index (χ1v) is 17.8. The predicted octanol–water partition coefficient (Wildman–Crippen LogP) is 7.05. The number of rotatable bonds is 13. The van der Waals surface area contributed by atoms with Gasteiger partial charge in [-0.1, -0.05) is 41.9 Å². The summed E-state index contributed by atoms with van der Waals surface area (Å²) in [5.41, 5.74) is 2.92. The predicted molar refractivity (Wildman–Crippen MR) is 192 cm³/mol. The van der Waals surface area contributed by atoms with Gasteiger partial charge in [-0.2, -0.15) is 18.3 Å². The molecule has 1 fully saturated rings. The second-order valence-electron chi connectivity index (χ2n) is 12.7. The Balaban J connectivity index is 1.16. The zero-order chi connectivity index (χ0) is 36.7. The second kappa shape index (κ2) is 16.8. The first-order chi connectivity index (χ1) is 25.1. The van der Waals surface area contributed by atoms with Gasteiger partial charge in [0.2, 0.25) is 11.8 Å². The van der Waals surface area contributed by atoms with Gasteiger partial charge in [0, 0.05) is 67.7 Å². The van der Waals surface area contributed by atoms with E-state index in [1.54, 1.807) is 12.1 Å². The number of nitrogens with zero attached hydrogens (tertiary/aromatic N) is 5. The van der Waals surface area contributed by atoms with Crippen molar-refractivity contribution in [1.29, 1.82) is 0 Å². The highest BCUT2D eigenvalue weighted by molar-refractivity contribution is 6.30. The lowest BCUT2D eigenvalue weighted by Crippen LogP contribution is -2.38. The molecule has 0 radical (unpaired) electrons. The normalized spacial score (nSPS) is 16.6. The number of morpholine rings is 1. The maximum Gasteiger partial charge on any atom is 0.433 e. The van der Waals surface area contributed by atoms with Crippen LogP contribution in [0.25, 0.3) is 22.0 Å². The molecule has 4 heterocycles. The Morgan fingerprint density at radius 1 is 0.981 bits per heavy atom. The summed E-state index contributed by atoms with van der Waals surface area (Å²) >= 11 is 6.78. The average molecular weight is 737 g/mol. The number of nitrogens with one attached hydrogen (secondary N) is 1. The third-order valence-electron chi connectivity index (χ3n) is 9.08. The molecule has 274 valence electrons. The summed E-state index contributed by atoms with van der Waals surface area (Å²) in [5.74, 6) is 0.315. The molecule has 2 aromatic heterocycles. The molecule has 1 saturated heterocycles. The third kappa shape index (κ3) is 9.25. The molecule has 1 unspecified atom stereocenters. The molecule has 0 spiro atoms. The van der Waals surface area contributed by atoms with E-state index >= 15 is 0 Å². The number of hydrazone groups is 1. The fourth-order valence-electron chi connectivity index (χ4n) is 6.33. The van der Waals surface area contributed by atoms with Gasteiger partial charge in [0.1, 0.15) is 16.6 Å². The van der Waals surface area contributed by atoms with Crippen molar-refractivity contribution in [3.05, 3.63) is 88.8 Å². The van der Waals surface area contributed by atoms with Gasteiger partial charge in [0.15, 0.2) is 0 Å². The SMILES string of the molecule is CCOc1ccc2cc(C3CC(c4ccc(-c5ccc(C(F)(F)F)nc5)cc4)=NN3C(=O)CCCC(=O)NCCCN3CCOCC3)c(Cl)nc2c1. The third-order valence-corrected chi connectivity index (χ3v) is 9.39. The fourth-order valence-corrected chi connectivity index (χ4v) is 6.60. The molecule has 10 nitrogen and oxygen atoms in total. The van der Waals surface area contributed by atoms with Crippen molar-refractivity contribution in [3.63, 3.8) is 0 Å². The Hall–Kier alpha value is -4.59.